The van der Waals surface area contributed by atoms with E-state index in [0.717, 1.165) is 5.82 Å². The van der Waals surface area contributed by atoms with Crippen molar-refractivity contribution in [3.05, 3.63) is 34.3 Å². The van der Waals surface area contributed by atoms with Gasteiger partial charge in [0.25, 0.3) is 0 Å². The first-order chi connectivity index (χ1) is 7.63. The Morgan fingerprint density at radius 2 is 2.12 bits per heavy atom. The van der Waals surface area contributed by atoms with Crippen molar-refractivity contribution < 1.29 is 0 Å². The number of hydrogen-bond donors (Lipinski definition) is 2. The Kier molecular flexibility index (Phi) is 3.00. The van der Waals surface area contributed by atoms with Crippen LogP contribution in [0.5, 0.6) is 0 Å². The third-order valence-electron chi connectivity index (χ3n) is 2.10. The number of nitrogens with zero attached hydrogens (tertiary/aromatic N) is 3. The molecule has 5 nitrogen and oxygen atoms in total. The van der Waals surface area contributed by atoms with Crippen molar-refractivity contribution in [3.63, 3.8) is 0 Å². The first kappa shape index (κ1) is 11.2. The van der Waals surface area contributed by atoms with E-state index in [1.807, 2.05) is 6.92 Å². The second-order valence-corrected chi connectivity index (χ2v) is 3.93. The van der Waals surface area contributed by atoms with E-state index >= 15 is 0 Å². The zero-order valence-corrected chi connectivity index (χ0v) is 9.92. The monoisotopic (exact) mass is 257 g/mol. The molecule has 0 aliphatic carbocycles. The number of aromatic nitrogens is 3. The van der Waals surface area contributed by atoms with Crippen molar-refractivity contribution in [1.82, 2.24) is 14.5 Å². The fourth-order valence-corrected chi connectivity index (χ4v) is 1.83. The molecule has 0 aromatic carbocycles. The van der Waals surface area contributed by atoms with Crippen molar-refractivity contribution in [1.29, 1.82) is 0 Å². The largest absolute Gasteiger partial charge is 0.307 e. The molecule has 0 saturated heterocycles. The van der Waals surface area contributed by atoms with Gasteiger partial charge in [0, 0.05) is 12.4 Å². The lowest BCUT2D eigenvalue weighted by atomic mass is 10.4. The number of nitrogen functional groups attached to an aromatic ring is 1. The van der Waals surface area contributed by atoms with Gasteiger partial charge in [-0.2, -0.15) is 0 Å². The van der Waals surface area contributed by atoms with Crippen LogP contribution in [-0.4, -0.2) is 14.5 Å². The van der Waals surface area contributed by atoms with E-state index in [1.54, 1.807) is 23.0 Å². The summed E-state index contributed by atoms with van der Waals surface area (Å²) < 4.78 is 1.75. The smallest absolute Gasteiger partial charge is 0.161 e. The molecule has 0 radical (unpaired) electrons. The molecule has 0 saturated carbocycles. The molecule has 3 N–H and O–H groups in total. The summed E-state index contributed by atoms with van der Waals surface area (Å²) in [6.45, 7) is 1.85. The maximum Gasteiger partial charge on any atom is 0.161 e. The molecule has 0 amide bonds. The Bertz CT molecular complexity index is 523. The normalized spacial score (nSPS) is 10.5. The van der Waals surface area contributed by atoms with E-state index in [9.17, 15) is 0 Å². The number of rotatable bonds is 2. The predicted molar refractivity (Wildman–Crippen MR) is 63.9 cm³/mol. The summed E-state index contributed by atoms with van der Waals surface area (Å²) in [7, 11) is 0. The van der Waals surface area contributed by atoms with Crippen LogP contribution in [0.25, 0.3) is 5.82 Å². The van der Waals surface area contributed by atoms with Gasteiger partial charge in [-0.3, -0.25) is 4.57 Å². The molecule has 0 aliphatic rings. The molecular weight excluding hydrogens is 249 g/mol. The summed E-state index contributed by atoms with van der Waals surface area (Å²) in [4.78, 5) is 8.31. The average molecular weight is 258 g/mol. The number of pyridine rings is 1. The quantitative estimate of drug-likeness (QED) is 0.639. The molecule has 84 valence electrons. The van der Waals surface area contributed by atoms with E-state index in [-0.39, 0.29) is 0 Å². The van der Waals surface area contributed by atoms with Crippen LogP contribution < -0.4 is 11.3 Å². The summed E-state index contributed by atoms with van der Waals surface area (Å²) in [6, 6.07) is 1.58. The van der Waals surface area contributed by atoms with Gasteiger partial charge >= 0.3 is 0 Å². The topological polar surface area (TPSA) is 68.8 Å². The average Bonchev–Trinajstić information content (AvgIpc) is 2.65. The molecule has 2 aromatic heterocycles. The van der Waals surface area contributed by atoms with E-state index in [0.29, 0.717) is 21.7 Å². The summed E-state index contributed by atoms with van der Waals surface area (Å²) in [6.07, 6.45) is 3.43. The number of hydrogen-bond acceptors (Lipinski definition) is 4. The highest BCUT2D eigenvalue weighted by Crippen LogP contribution is 2.28. The zero-order chi connectivity index (χ0) is 11.7. The van der Waals surface area contributed by atoms with Crippen LogP contribution in [0.1, 0.15) is 5.82 Å². The summed E-state index contributed by atoms with van der Waals surface area (Å²) >= 11 is 11.9. The number of aryl methyl sites for hydroxylation is 1. The fraction of sp³-hybridized carbons (Fsp3) is 0.111. The molecule has 0 unspecified atom stereocenters. The molecule has 2 heterocycles. The van der Waals surface area contributed by atoms with Crippen molar-refractivity contribution in [2.75, 3.05) is 5.43 Å². The van der Waals surface area contributed by atoms with Gasteiger partial charge in [0.15, 0.2) is 11.6 Å². The number of anilines is 1. The summed E-state index contributed by atoms with van der Waals surface area (Å²) in [5.41, 5.74) is 2.41. The number of nitrogens with one attached hydrogen (secondary N) is 1. The molecule has 0 atom stereocenters. The van der Waals surface area contributed by atoms with Gasteiger partial charge in [0.05, 0.1) is 10.0 Å². The van der Waals surface area contributed by atoms with Crippen LogP contribution in [-0.2, 0) is 0 Å². The summed E-state index contributed by atoms with van der Waals surface area (Å²) in [5, 5.41) is 0.805. The van der Waals surface area contributed by atoms with Gasteiger partial charge in [0.2, 0.25) is 0 Å². The van der Waals surface area contributed by atoms with Gasteiger partial charge in [-0.1, -0.05) is 23.2 Å². The highest BCUT2D eigenvalue weighted by molar-refractivity contribution is 6.36. The summed E-state index contributed by atoms with van der Waals surface area (Å²) in [5.74, 6) is 6.98. The van der Waals surface area contributed by atoms with Crippen LogP contribution in [0.3, 0.4) is 0 Å². The van der Waals surface area contributed by atoms with Crippen LogP contribution in [0, 0.1) is 6.92 Å². The minimum Gasteiger partial charge on any atom is -0.307 e. The number of imidazole rings is 1. The lowest BCUT2D eigenvalue weighted by Crippen LogP contribution is -2.11. The van der Waals surface area contributed by atoms with E-state index in [4.69, 9.17) is 29.0 Å². The van der Waals surface area contributed by atoms with Crippen LogP contribution in [0.2, 0.25) is 10.0 Å². The molecular formula is C9H9Cl2N5. The maximum absolute atomic E-state index is 6.06. The number of hydrazine groups is 1. The first-order valence-corrected chi connectivity index (χ1v) is 5.22. The van der Waals surface area contributed by atoms with Crippen molar-refractivity contribution >= 4 is 29.0 Å². The minimum atomic E-state index is 0.369. The molecule has 2 rings (SSSR count). The highest BCUT2D eigenvalue weighted by Gasteiger charge is 2.11. The molecule has 0 fully saturated rings. The minimum absolute atomic E-state index is 0.369. The predicted octanol–water partition coefficient (Wildman–Crippen LogP) is 2.17. The Balaban J connectivity index is 2.61. The third kappa shape index (κ3) is 1.84. The van der Waals surface area contributed by atoms with Gasteiger partial charge in [-0.25, -0.2) is 15.8 Å². The Morgan fingerprint density at radius 1 is 1.38 bits per heavy atom. The van der Waals surface area contributed by atoms with Gasteiger partial charge in [-0.05, 0) is 13.0 Å². The maximum atomic E-state index is 6.06. The van der Waals surface area contributed by atoms with Crippen LogP contribution in [0.15, 0.2) is 18.5 Å². The number of halogens is 2. The van der Waals surface area contributed by atoms with E-state index < -0.39 is 0 Å². The molecule has 16 heavy (non-hydrogen) atoms. The lowest BCUT2D eigenvalue weighted by molar-refractivity contribution is 0.932. The standard InChI is InChI=1S/C9H9Cl2N5/c1-5-13-2-3-16(5)9-7(11)4-6(10)8(14-9)15-12/h2-4H,12H2,1H3,(H,14,15). The molecule has 2 aromatic rings. The molecule has 0 bridgehead atoms. The third-order valence-corrected chi connectivity index (χ3v) is 2.67. The Morgan fingerprint density at radius 3 is 2.69 bits per heavy atom. The SMILES string of the molecule is Cc1nccn1-c1nc(NN)c(Cl)cc1Cl. The molecule has 7 heteroatoms. The van der Waals surface area contributed by atoms with Crippen molar-refractivity contribution in [3.8, 4) is 5.82 Å². The van der Waals surface area contributed by atoms with Gasteiger partial charge in [0.1, 0.15) is 5.82 Å². The Labute approximate surface area is 102 Å². The second kappa shape index (κ2) is 4.29. The zero-order valence-electron chi connectivity index (χ0n) is 8.41. The van der Waals surface area contributed by atoms with Crippen LogP contribution >= 0.6 is 23.2 Å². The molecule has 0 spiro atoms. The van der Waals surface area contributed by atoms with Crippen molar-refractivity contribution in [2.24, 2.45) is 5.84 Å². The van der Waals surface area contributed by atoms with Gasteiger partial charge < -0.3 is 5.43 Å². The highest BCUT2D eigenvalue weighted by atomic mass is 35.5. The van der Waals surface area contributed by atoms with Crippen LogP contribution in [0.4, 0.5) is 5.82 Å². The lowest BCUT2D eigenvalue weighted by Gasteiger charge is -2.09. The Hall–Kier alpha value is -1.30. The second-order valence-electron chi connectivity index (χ2n) is 3.11. The van der Waals surface area contributed by atoms with E-state index in [1.165, 1.54) is 0 Å². The number of nitrogens with two attached hydrogens (primary N) is 1. The molecule has 0 aliphatic heterocycles. The first-order valence-electron chi connectivity index (χ1n) is 4.46. The fourth-order valence-electron chi connectivity index (χ4n) is 1.33. The van der Waals surface area contributed by atoms with Crippen molar-refractivity contribution in [2.45, 2.75) is 6.92 Å². The van der Waals surface area contributed by atoms with Gasteiger partial charge in [-0.15, -0.1) is 0 Å². The van der Waals surface area contributed by atoms with E-state index in [2.05, 4.69) is 15.4 Å².